The van der Waals surface area contributed by atoms with Crippen LogP contribution in [0.25, 0.3) is 5.57 Å². The normalized spacial score (nSPS) is 18.6. The SMILES string of the molecule is Cc1ccc(N(CC2CCCCC2)c2ccc(C3=C(O)C(=C4C=CC(=[N+](CC5CCCCC5)c5ccc(C)cc5C)C=C4)C3=O)cc2)c(C)c1. The van der Waals surface area contributed by atoms with Crippen LogP contribution in [-0.4, -0.2) is 34.3 Å². The number of carbonyl (C=O) groups excluding carboxylic acids is 1. The van der Waals surface area contributed by atoms with Crippen LogP contribution in [0.15, 0.2) is 102 Å². The fraction of sp³-hybridized carbons (Fsp3) is 0.391. The molecule has 0 aliphatic heterocycles. The largest absolute Gasteiger partial charge is 0.506 e. The lowest BCUT2D eigenvalue weighted by atomic mass is 9.80. The third-order valence-electron chi connectivity index (χ3n) is 11.5. The Hall–Kier alpha value is -4.44. The number of hydrogen-bond donors (Lipinski definition) is 1. The minimum absolute atomic E-state index is 0.0927. The Balaban J connectivity index is 1.15. The lowest BCUT2D eigenvalue weighted by Gasteiger charge is -2.33. The minimum Gasteiger partial charge on any atom is -0.506 e. The van der Waals surface area contributed by atoms with Gasteiger partial charge in [-0.1, -0.05) is 80.0 Å². The van der Waals surface area contributed by atoms with Gasteiger partial charge in [-0.25, -0.2) is 0 Å². The quantitative estimate of drug-likeness (QED) is 0.192. The van der Waals surface area contributed by atoms with Gasteiger partial charge in [0.2, 0.25) is 17.2 Å². The zero-order valence-corrected chi connectivity index (χ0v) is 30.5. The fourth-order valence-corrected chi connectivity index (χ4v) is 8.71. The monoisotopic (exact) mass is 665 g/mol. The Morgan fingerprint density at radius 1 is 0.680 bits per heavy atom. The summed E-state index contributed by atoms with van der Waals surface area (Å²) in [5.74, 6) is 1.35. The van der Waals surface area contributed by atoms with Crippen LogP contribution in [0.3, 0.4) is 0 Å². The predicted octanol–water partition coefficient (Wildman–Crippen LogP) is 11.3. The molecule has 0 radical (unpaired) electrons. The van der Waals surface area contributed by atoms with Crippen LogP contribution in [0.4, 0.5) is 17.1 Å². The number of hydrogen-bond acceptors (Lipinski definition) is 3. The van der Waals surface area contributed by atoms with Gasteiger partial charge in [-0.2, -0.15) is 4.58 Å². The van der Waals surface area contributed by atoms with Crippen molar-refractivity contribution in [2.24, 2.45) is 11.8 Å². The van der Waals surface area contributed by atoms with Crippen LogP contribution in [0.2, 0.25) is 0 Å². The minimum atomic E-state index is -0.0927. The van der Waals surface area contributed by atoms with Gasteiger partial charge in [-0.05, 0) is 112 Å². The number of anilines is 2. The smallest absolute Gasteiger partial charge is 0.208 e. The van der Waals surface area contributed by atoms with Crippen molar-refractivity contribution in [2.45, 2.75) is 91.9 Å². The predicted molar refractivity (Wildman–Crippen MR) is 208 cm³/mol. The second-order valence-electron chi connectivity index (χ2n) is 15.3. The lowest BCUT2D eigenvalue weighted by Crippen LogP contribution is -2.27. The van der Waals surface area contributed by atoms with Crippen molar-refractivity contribution < 1.29 is 14.5 Å². The van der Waals surface area contributed by atoms with Gasteiger partial charge in [-0.3, -0.25) is 4.79 Å². The van der Waals surface area contributed by atoms with Gasteiger partial charge < -0.3 is 10.0 Å². The molecule has 4 heteroatoms. The molecule has 4 aliphatic carbocycles. The first-order valence-corrected chi connectivity index (χ1v) is 19.0. The number of benzene rings is 3. The van der Waals surface area contributed by atoms with Gasteiger partial charge in [0.05, 0.1) is 11.1 Å². The highest BCUT2D eigenvalue weighted by Crippen LogP contribution is 2.41. The van der Waals surface area contributed by atoms with Gasteiger partial charge in [0.25, 0.3) is 0 Å². The second-order valence-corrected chi connectivity index (χ2v) is 15.3. The van der Waals surface area contributed by atoms with Crippen LogP contribution in [-0.2, 0) is 4.79 Å². The molecule has 4 aliphatic rings. The summed E-state index contributed by atoms with van der Waals surface area (Å²) in [4.78, 5) is 16.1. The maximum absolute atomic E-state index is 13.7. The molecule has 0 aromatic heterocycles. The molecular weight excluding hydrogens is 613 g/mol. The summed E-state index contributed by atoms with van der Waals surface area (Å²) in [5.41, 5.74) is 12.2. The number of allylic oxidation sites excluding steroid dienone is 7. The molecule has 2 fully saturated rings. The Kier molecular flexibility index (Phi) is 10.1. The van der Waals surface area contributed by atoms with Crippen molar-refractivity contribution in [1.29, 1.82) is 0 Å². The van der Waals surface area contributed by atoms with E-state index in [9.17, 15) is 9.90 Å². The molecule has 0 amide bonds. The lowest BCUT2D eigenvalue weighted by molar-refractivity contribution is -0.449. The maximum atomic E-state index is 13.7. The third-order valence-corrected chi connectivity index (χ3v) is 11.5. The first-order chi connectivity index (χ1) is 24.3. The molecule has 2 saturated carbocycles. The van der Waals surface area contributed by atoms with Gasteiger partial charge in [0.1, 0.15) is 5.76 Å². The Bertz CT molecular complexity index is 1910. The molecule has 1 N–H and O–H groups in total. The van der Waals surface area contributed by atoms with E-state index in [1.165, 1.54) is 97.8 Å². The van der Waals surface area contributed by atoms with Crippen molar-refractivity contribution in [3.63, 3.8) is 0 Å². The van der Waals surface area contributed by atoms with E-state index in [1.807, 2.05) is 24.3 Å². The van der Waals surface area contributed by atoms with Crippen molar-refractivity contribution >= 4 is 34.1 Å². The number of carbonyl (C=O) groups is 1. The van der Waals surface area contributed by atoms with Crippen LogP contribution in [0, 0.1) is 39.5 Å². The van der Waals surface area contributed by atoms with E-state index in [0.717, 1.165) is 35.6 Å². The topological polar surface area (TPSA) is 43.5 Å². The average Bonchev–Trinajstić information content (AvgIpc) is 3.12. The summed E-state index contributed by atoms with van der Waals surface area (Å²) in [6.45, 7) is 10.7. The highest BCUT2D eigenvalue weighted by molar-refractivity contribution is 6.39. The van der Waals surface area contributed by atoms with Crippen LogP contribution in [0.1, 0.15) is 92.0 Å². The molecule has 0 atom stereocenters. The molecule has 7 rings (SSSR count). The molecule has 0 unspecified atom stereocenters. The van der Waals surface area contributed by atoms with E-state index in [4.69, 9.17) is 0 Å². The van der Waals surface area contributed by atoms with Crippen molar-refractivity contribution in [3.8, 4) is 0 Å². The zero-order chi connectivity index (χ0) is 34.8. The zero-order valence-electron chi connectivity index (χ0n) is 30.5. The van der Waals surface area contributed by atoms with E-state index < -0.39 is 0 Å². The molecule has 0 bridgehead atoms. The highest BCUT2D eigenvalue weighted by Gasteiger charge is 2.37. The van der Waals surface area contributed by atoms with Crippen molar-refractivity contribution in [1.82, 2.24) is 0 Å². The van der Waals surface area contributed by atoms with Crippen molar-refractivity contribution in [3.05, 3.63) is 130 Å². The number of aliphatic hydroxyl groups excluding tert-OH is 1. The molecule has 0 spiro atoms. The Morgan fingerprint density at radius 2 is 1.28 bits per heavy atom. The summed E-state index contributed by atoms with van der Waals surface area (Å²) in [6, 6.07) is 21.6. The molecule has 3 aromatic carbocycles. The number of nitrogens with zero attached hydrogens (tertiary/aromatic N) is 2. The van der Waals surface area contributed by atoms with E-state index in [2.05, 4.69) is 97.9 Å². The maximum Gasteiger partial charge on any atom is 0.208 e. The van der Waals surface area contributed by atoms with E-state index in [1.54, 1.807) is 0 Å². The summed E-state index contributed by atoms with van der Waals surface area (Å²) < 4.78 is 2.46. The summed E-state index contributed by atoms with van der Waals surface area (Å²) in [7, 11) is 0. The molecular formula is C46H53N2O2+. The van der Waals surface area contributed by atoms with Crippen LogP contribution < -0.4 is 4.90 Å². The van der Waals surface area contributed by atoms with E-state index in [-0.39, 0.29) is 11.5 Å². The van der Waals surface area contributed by atoms with Crippen LogP contribution in [0.5, 0.6) is 0 Å². The van der Waals surface area contributed by atoms with E-state index in [0.29, 0.717) is 23.0 Å². The summed E-state index contributed by atoms with van der Waals surface area (Å²) in [5, 5.41) is 11.3. The van der Waals surface area contributed by atoms with Gasteiger partial charge in [-0.15, -0.1) is 0 Å². The molecule has 0 heterocycles. The first-order valence-electron chi connectivity index (χ1n) is 19.0. The standard InChI is InChI=1S/C46H52N2O2/c1-31-15-25-41(33(3)27-31)47(29-35-11-7-5-8-12-35)39-21-17-37(18-22-39)43-45(49)44(46(43)50)38-19-23-40(24-20-38)48(30-36-13-9-6-10-14-36)42-26-16-32(2)28-34(42)4/h15-28,35-36H,5-14,29-30H2,1-4H3/p+1. The molecule has 3 aromatic rings. The molecule has 258 valence electrons. The first kappa shape index (κ1) is 34.0. The van der Waals surface area contributed by atoms with Crippen LogP contribution >= 0.6 is 0 Å². The summed E-state index contributed by atoms with van der Waals surface area (Å²) >= 11 is 0. The van der Waals surface area contributed by atoms with Gasteiger partial charge in [0.15, 0.2) is 6.54 Å². The third kappa shape index (κ3) is 7.08. The number of ketones is 1. The fourth-order valence-electron chi connectivity index (χ4n) is 8.71. The Labute approximate surface area is 299 Å². The molecule has 0 saturated heterocycles. The Morgan fingerprint density at radius 3 is 1.88 bits per heavy atom. The number of aryl methyl sites for hydroxylation is 4. The number of aliphatic hydroxyl groups is 1. The average molecular weight is 666 g/mol. The second kappa shape index (κ2) is 14.8. The van der Waals surface area contributed by atoms with Gasteiger partial charge in [0, 0.05) is 47.6 Å². The number of rotatable bonds is 8. The highest BCUT2D eigenvalue weighted by atomic mass is 16.3. The number of Topliss-reactive ketones (excluding diaryl/α,β-unsaturated/α-hetero) is 1. The molecule has 4 nitrogen and oxygen atoms in total. The van der Waals surface area contributed by atoms with E-state index >= 15 is 0 Å². The van der Waals surface area contributed by atoms with Gasteiger partial charge >= 0.3 is 0 Å². The van der Waals surface area contributed by atoms with Crippen molar-refractivity contribution in [2.75, 3.05) is 18.0 Å². The molecule has 50 heavy (non-hydrogen) atoms. The summed E-state index contributed by atoms with van der Waals surface area (Å²) in [6.07, 6.45) is 21.3.